The van der Waals surface area contributed by atoms with Crippen LogP contribution in [0.2, 0.25) is 0 Å². The van der Waals surface area contributed by atoms with E-state index < -0.39 is 6.16 Å². The van der Waals surface area contributed by atoms with Crippen molar-refractivity contribution >= 4 is 12.2 Å². The Morgan fingerprint density at radius 1 is 1.57 bits per heavy atom. The van der Waals surface area contributed by atoms with Crippen molar-refractivity contribution in [3.8, 4) is 0 Å². The average molecular weight is 105 g/mol. The number of rotatable bonds is 0. The van der Waals surface area contributed by atoms with Gasteiger partial charge in [-0.2, -0.15) is 0 Å². The van der Waals surface area contributed by atoms with Gasteiger partial charge in [-0.05, 0) is 0 Å². The zero-order valence-electron chi connectivity index (χ0n) is 3.21. The molecule has 0 rings (SSSR count). The van der Waals surface area contributed by atoms with Gasteiger partial charge in [0, 0.05) is 0 Å². The molecule has 3 N–H and O–H groups in total. The lowest BCUT2D eigenvalue weighted by Crippen LogP contribution is -1.81. The van der Waals surface area contributed by atoms with Crippen LogP contribution < -0.4 is 0 Å². The molecule has 0 bridgehead atoms. The lowest BCUT2D eigenvalue weighted by atomic mass is 11.5. The Labute approximate surface area is 38.7 Å². The molecule has 0 saturated heterocycles. The van der Waals surface area contributed by atoms with E-state index in [9.17, 15) is 0 Å². The summed E-state index contributed by atoms with van der Waals surface area (Å²) in [6.45, 7) is 0. The van der Waals surface area contributed by atoms with Crippen LogP contribution in [0.1, 0.15) is 0 Å². The van der Waals surface area contributed by atoms with Crippen LogP contribution in [0.3, 0.4) is 0 Å². The number of nitrogens with one attached hydrogen (secondary N) is 1. The molecule has 0 aliphatic rings. The number of hydrogen-bond acceptors (Lipinski definition) is 3. The summed E-state index contributed by atoms with van der Waals surface area (Å²) in [7, 11) is 0. The van der Waals surface area contributed by atoms with Gasteiger partial charge in [0.25, 0.3) is 0 Å². The predicted molar refractivity (Wildman–Crippen MR) is 19.1 cm³/mol. The van der Waals surface area contributed by atoms with Gasteiger partial charge in [-0.3, -0.25) is 0 Å². The Morgan fingerprint density at radius 3 is 1.57 bits per heavy atom. The summed E-state index contributed by atoms with van der Waals surface area (Å²) in [5.41, 5.74) is 0. The van der Waals surface area contributed by atoms with Gasteiger partial charge in [-0.1, -0.05) is 0 Å². The second-order valence-corrected chi connectivity index (χ2v) is 0.385. The quantitative estimate of drug-likeness (QED) is 0.301. The molecule has 0 saturated carbocycles. The Bertz CT molecular complexity index is 77.7. The first-order valence-corrected chi connectivity index (χ1v) is 1.11. The Morgan fingerprint density at radius 2 is 1.57 bits per heavy atom. The monoisotopic (exact) mass is 105 g/mol. The second-order valence-electron chi connectivity index (χ2n) is 0.385. The summed E-state index contributed by atoms with van der Waals surface area (Å²) in [4.78, 5) is 16.9. The molecule has 0 aromatic rings. The summed E-state index contributed by atoms with van der Waals surface area (Å²) in [6.07, 6.45) is -1.08. The van der Waals surface area contributed by atoms with E-state index >= 15 is 0 Å². The first-order chi connectivity index (χ1) is 3.15. The van der Waals surface area contributed by atoms with Gasteiger partial charge in [-0.15, -0.1) is 0 Å². The molecule has 0 fully saturated rings. The molecule has 40 valence electrons. The average Bonchev–Trinajstić information content (AvgIpc) is 1.33. The number of carbonyl (C=O) groups excluding carboxylic acids is 1. The van der Waals surface area contributed by atoms with Crippen molar-refractivity contribution in [1.82, 2.24) is 0 Å². The normalized spacial score (nSPS) is 4.57. The molecule has 5 heteroatoms. The molecule has 0 aromatic carbocycles. The van der Waals surface area contributed by atoms with Gasteiger partial charge in [0.15, 0.2) is 0 Å². The van der Waals surface area contributed by atoms with Gasteiger partial charge in [0.1, 0.15) is 0 Å². The lowest BCUT2D eigenvalue weighted by molar-refractivity contribution is 0.137. The molecule has 7 heavy (non-hydrogen) atoms. The van der Waals surface area contributed by atoms with E-state index in [1.54, 1.807) is 0 Å². The SMILES string of the molecule is N=C=O.O=C(O)O. The summed E-state index contributed by atoms with van der Waals surface area (Å²) in [5.74, 6) is 0. The third kappa shape index (κ3) is 17.9. The Hall–Kier alpha value is -1.35. The number of carbonyl (C=O) groups is 1. The Kier molecular flexibility index (Phi) is 11.6. The van der Waals surface area contributed by atoms with Crippen molar-refractivity contribution in [2.45, 2.75) is 0 Å². The van der Waals surface area contributed by atoms with E-state index in [4.69, 9.17) is 25.2 Å². The van der Waals surface area contributed by atoms with Crippen LogP contribution in [0.15, 0.2) is 0 Å². The van der Waals surface area contributed by atoms with Crippen LogP contribution in [0, 0.1) is 5.41 Å². The zero-order chi connectivity index (χ0) is 6.28. The highest BCUT2D eigenvalue weighted by Gasteiger charge is 1.70. The molecule has 0 amide bonds. The fourth-order valence-electron chi connectivity index (χ4n) is 0. The molecule has 0 atom stereocenters. The van der Waals surface area contributed by atoms with Crippen LogP contribution in [0.25, 0.3) is 0 Å². The van der Waals surface area contributed by atoms with Gasteiger partial charge in [0.05, 0.1) is 0 Å². The van der Waals surface area contributed by atoms with Crippen LogP contribution in [-0.4, -0.2) is 22.4 Å². The molecule has 0 unspecified atom stereocenters. The third-order valence-corrected chi connectivity index (χ3v) is 0. The fourth-order valence-corrected chi connectivity index (χ4v) is 0. The maximum atomic E-state index is 8.56. The van der Waals surface area contributed by atoms with E-state index in [0.717, 1.165) is 6.08 Å². The second kappa shape index (κ2) is 8.82. The van der Waals surface area contributed by atoms with Crippen LogP contribution in [0.4, 0.5) is 4.79 Å². The lowest BCUT2D eigenvalue weighted by Gasteiger charge is -1.60. The van der Waals surface area contributed by atoms with E-state index in [1.165, 1.54) is 0 Å². The topological polar surface area (TPSA) is 98.5 Å². The van der Waals surface area contributed by atoms with Crippen LogP contribution >= 0.6 is 0 Å². The van der Waals surface area contributed by atoms with Crippen molar-refractivity contribution in [3.05, 3.63) is 0 Å². The Balaban J connectivity index is 0. The molecule has 0 spiro atoms. The molecule has 0 aliphatic carbocycles. The van der Waals surface area contributed by atoms with E-state index in [1.807, 2.05) is 0 Å². The predicted octanol–water partition coefficient (Wildman–Crippen LogP) is 0.123. The third-order valence-electron chi connectivity index (χ3n) is 0. The van der Waals surface area contributed by atoms with Crippen LogP contribution in [-0.2, 0) is 4.79 Å². The molecule has 0 aromatic heterocycles. The molecule has 0 radical (unpaired) electrons. The van der Waals surface area contributed by atoms with Crippen molar-refractivity contribution < 1.29 is 19.8 Å². The minimum absolute atomic E-state index is 0.750. The van der Waals surface area contributed by atoms with Gasteiger partial charge in [0.2, 0.25) is 6.08 Å². The largest absolute Gasteiger partial charge is 0.503 e. The molecular formula is C2H3NO4. The van der Waals surface area contributed by atoms with E-state index in [-0.39, 0.29) is 0 Å². The van der Waals surface area contributed by atoms with Crippen molar-refractivity contribution in [3.63, 3.8) is 0 Å². The minimum Gasteiger partial charge on any atom is -0.450 e. The highest BCUT2D eigenvalue weighted by Crippen LogP contribution is 1.42. The van der Waals surface area contributed by atoms with Crippen molar-refractivity contribution in [2.75, 3.05) is 0 Å². The van der Waals surface area contributed by atoms with Crippen molar-refractivity contribution in [2.24, 2.45) is 0 Å². The zero-order valence-corrected chi connectivity index (χ0v) is 3.21. The first kappa shape index (κ1) is 9.17. The smallest absolute Gasteiger partial charge is 0.450 e. The number of carboxylic acid groups (broad SMARTS) is 2. The maximum absolute atomic E-state index is 8.56. The van der Waals surface area contributed by atoms with Crippen LogP contribution in [0.5, 0.6) is 0 Å². The van der Waals surface area contributed by atoms with E-state index in [0.29, 0.717) is 0 Å². The summed E-state index contributed by atoms with van der Waals surface area (Å²) in [6, 6.07) is 0. The molecular weight excluding hydrogens is 102 g/mol. The molecule has 0 aliphatic heterocycles. The first-order valence-electron chi connectivity index (χ1n) is 1.11. The van der Waals surface area contributed by atoms with Gasteiger partial charge >= 0.3 is 6.16 Å². The molecule has 5 nitrogen and oxygen atoms in total. The van der Waals surface area contributed by atoms with Gasteiger partial charge in [-0.25, -0.2) is 15.0 Å². The van der Waals surface area contributed by atoms with E-state index in [2.05, 4.69) is 0 Å². The number of isocyanates is 1. The van der Waals surface area contributed by atoms with Crippen molar-refractivity contribution in [1.29, 1.82) is 5.41 Å². The molecule has 0 heterocycles. The highest BCUT2D eigenvalue weighted by molar-refractivity contribution is 5.53. The summed E-state index contributed by atoms with van der Waals surface area (Å²) in [5, 5.41) is 19.3. The summed E-state index contributed by atoms with van der Waals surface area (Å²) >= 11 is 0. The fraction of sp³-hybridized carbons (Fsp3) is 0. The summed E-state index contributed by atoms with van der Waals surface area (Å²) < 4.78 is 0. The van der Waals surface area contributed by atoms with Gasteiger partial charge < -0.3 is 10.2 Å². The number of hydrogen-bond donors (Lipinski definition) is 3. The standard InChI is InChI=1S/CHNO.CH2O3/c2-1-3;2-1(3)4/h2H;(H2,2,3,4). The minimum atomic E-state index is -1.83. The maximum Gasteiger partial charge on any atom is 0.503 e. The highest BCUT2D eigenvalue weighted by atomic mass is 16.6.